The van der Waals surface area contributed by atoms with Crippen molar-refractivity contribution in [1.82, 2.24) is 19.4 Å². The van der Waals surface area contributed by atoms with Crippen molar-refractivity contribution in [2.24, 2.45) is 0 Å². The van der Waals surface area contributed by atoms with E-state index in [1.54, 1.807) is 23.5 Å². The third-order valence-electron chi connectivity index (χ3n) is 6.44. The van der Waals surface area contributed by atoms with E-state index in [-0.39, 0.29) is 11.8 Å². The Morgan fingerprint density at radius 1 is 0.971 bits per heavy atom. The molecule has 1 aromatic carbocycles. The molecule has 1 N–H and O–H groups in total. The molecule has 2 saturated heterocycles. The first kappa shape index (κ1) is 26.6. The Morgan fingerprint density at radius 3 is 2.29 bits per heavy atom. The maximum atomic E-state index is 12.8. The van der Waals surface area contributed by atoms with Gasteiger partial charge in [-0.15, -0.1) is 0 Å². The van der Waals surface area contributed by atoms with Crippen LogP contribution in [0.25, 0.3) is 0 Å². The number of hydrogen-bond acceptors (Lipinski definition) is 6. The zero-order valence-corrected chi connectivity index (χ0v) is 21.0. The number of methoxy groups -OCH3 is 1. The number of piperidine rings is 1. The van der Waals surface area contributed by atoms with Gasteiger partial charge in [-0.2, -0.15) is 4.31 Å². The van der Waals surface area contributed by atoms with Crippen LogP contribution in [-0.2, 0) is 30.8 Å². The van der Waals surface area contributed by atoms with Crippen LogP contribution in [0, 0.1) is 0 Å². The Bertz CT molecular complexity index is 892. The number of benzene rings is 1. The Hall–Kier alpha value is -2.01. The van der Waals surface area contributed by atoms with E-state index in [1.807, 2.05) is 17.0 Å². The molecule has 2 heterocycles. The lowest BCUT2D eigenvalue weighted by molar-refractivity contribution is -0.133. The number of amides is 2. The highest BCUT2D eigenvalue weighted by Crippen LogP contribution is 2.21. The Balaban J connectivity index is 1.38. The molecule has 0 saturated carbocycles. The highest BCUT2D eigenvalue weighted by atomic mass is 32.2. The smallest absolute Gasteiger partial charge is 0.243 e. The van der Waals surface area contributed by atoms with Gasteiger partial charge in [0.15, 0.2) is 0 Å². The van der Waals surface area contributed by atoms with Crippen molar-refractivity contribution in [3.05, 3.63) is 29.8 Å². The van der Waals surface area contributed by atoms with Gasteiger partial charge in [-0.25, -0.2) is 8.42 Å². The van der Waals surface area contributed by atoms with Crippen molar-refractivity contribution in [3.63, 3.8) is 0 Å². The van der Waals surface area contributed by atoms with E-state index in [9.17, 15) is 18.0 Å². The second-order valence-corrected chi connectivity index (χ2v) is 10.9. The van der Waals surface area contributed by atoms with Gasteiger partial charge in [0.05, 0.1) is 11.4 Å². The van der Waals surface area contributed by atoms with E-state index < -0.39 is 10.0 Å². The van der Waals surface area contributed by atoms with Crippen LogP contribution in [0.5, 0.6) is 0 Å². The topological polar surface area (TPSA) is 99.3 Å². The predicted molar refractivity (Wildman–Crippen MR) is 130 cm³/mol. The molecule has 10 heteroatoms. The van der Waals surface area contributed by atoms with E-state index in [4.69, 9.17) is 4.74 Å². The van der Waals surface area contributed by atoms with E-state index in [2.05, 4.69) is 10.2 Å². The van der Waals surface area contributed by atoms with Crippen molar-refractivity contribution < 1.29 is 22.7 Å². The number of nitrogens with zero attached hydrogens (tertiary/aromatic N) is 3. The van der Waals surface area contributed by atoms with E-state index >= 15 is 0 Å². The number of rotatable bonds is 11. The lowest BCUT2D eigenvalue weighted by Gasteiger charge is -2.34. The van der Waals surface area contributed by atoms with Gasteiger partial charge in [0.1, 0.15) is 0 Å². The number of carbonyl (C=O) groups excluding carboxylic acids is 2. The molecule has 34 heavy (non-hydrogen) atoms. The molecule has 0 atom stereocenters. The largest absolute Gasteiger partial charge is 0.385 e. The first-order valence-corrected chi connectivity index (χ1v) is 13.7. The van der Waals surface area contributed by atoms with Crippen LogP contribution in [0.4, 0.5) is 0 Å². The SMILES string of the molecule is COCCCNC(=O)CN1CCN(C(=O)CCc2ccc(S(=O)(=O)N3CCCCC3)cc2)CC1. The molecule has 0 aromatic heterocycles. The van der Waals surface area contributed by atoms with Crippen LogP contribution in [0.1, 0.15) is 37.7 Å². The molecular weight excluding hydrogens is 456 g/mol. The Kier molecular flexibility index (Phi) is 10.3. The highest BCUT2D eigenvalue weighted by Gasteiger charge is 2.26. The number of piperazine rings is 1. The van der Waals surface area contributed by atoms with E-state index in [0.29, 0.717) is 76.7 Å². The van der Waals surface area contributed by atoms with Gasteiger partial charge < -0.3 is 15.0 Å². The molecule has 2 amide bonds. The summed E-state index contributed by atoms with van der Waals surface area (Å²) in [6, 6.07) is 6.94. The minimum atomic E-state index is -3.43. The Labute approximate surface area is 203 Å². The van der Waals surface area contributed by atoms with Gasteiger partial charge in [0, 0.05) is 66.0 Å². The molecule has 2 fully saturated rings. The summed E-state index contributed by atoms with van der Waals surface area (Å²) in [5.74, 6) is 0.0929. The van der Waals surface area contributed by atoms with Crippen molar-refractivity contribution in [2.75, 3.05) is 66.1 Å². The summed E-state index contributed by atoms with van der Waals surface area (Å²) in [5.41, 5.74) is 0.953. The van der Waals surface area contributed by atoms with Crippen LogP contribution in [-0.4, -0.2) is 100 Å². The summed E-state index contributed by atoms with van der Waals surface area (Å²) in [5, 5.41) is 2.89. The van der Waals surface area contributed by atoms with Crippen molar-refractivity contribution in [3.8, 4) is 0 Å². The number of carbonyl (C=O) groups is 2. The highest BCUT2D eigenvalue weighted by molar-refractivity contribution is 7.89. The molecule has 0 bridgehead atoms. The predicted octanol–water partition coefficient (Wildman–Crippen LogP) is 1.09. The second-order valence-electron chi connectivity index (χ2n) is 8.96. The minimum absolute atomic E-state index is 0.00151. The molecule has 0 radical (unpaired) electrons. The fourth-order valence-electron chi connectivity index (χ4n) is 4.35. The van der Waals surface area contributed by atoms with Crippen LogP contribution in [0.15, 0.2) is 29.2 Å². The minimum Gasteiger partial charge on any atom is -0.385 e. The lowest BCUT2D eigenvalue weighted by Crippen LogP contribution is -2.51. The third-order valence-corrected chi connectivity index (χ3v) is 8.36. The summed E-state index contributed by atoms with van der Waals surface area (Å²) in [6.45, 7) is 5.35. The van der Waals surface area contributed by atoms with Gasteiger partial charge in [-0.3, -0.25) is 14.5 Å². The summed E-state index contributed by atoms with van der Waals surface area (Å²) in [4.78, 5) is 28.9. The van der Waals surface area contributed by atoms with Crippen LogP contribution in [0.2, 0.25) is 0 Å². The summed E-state index contributed by atoms with van der Waals surface area (Å²) < 4.78 is 32.1. The van der Waals surface area contributed by atoms with Crippen molar-refractivity contribution in [1.29, 1.82) is 0 Å². The number of sulfonamides is 1. The molecule has 9 nitrogen and oxygen atoms in total. The third kappa shape index (κ3) is 7.76. The van der Waals surface area contributed by atoms with Gasteiger partial charge in [-0.05, 0) is 43.4 Å². The molecule has 3 rings (SSSR count). The summed E-state index contributed by atoms with van der Waals surface area (Å²) in [6.07, 6.45) is 4.66. The number of hydrogen-bond donors (Lipinski definition) is 1. The van der Waals surface area contributed by atoms with Crippen LogP contribution in [0.3, 0.4) is 0 Å². The van der Waals surface area contributed by atoms with Gasteiger partial charge in [-0.1, -0.05) is 18.6 Å². The average molecular weight is 495 g/mol. The average Bonchev–Trinajstić information content (AvgIpc) is 2.86. The first-order chi connectivity index (χ1) is 16.4. The van der Waals surface area contributed by atoms with Crippen LogP contribution >= 0.6 is 0 Å². The maximum Gasteiger partial charge on any atom is 0.243 e. The van der Waals surface area contributed by atoms with Crippen molar-refractivity contribution >= 4 is 21.8 Å². The van der Waals surface area contributed by atoms with Gasteiger partial charge >= 0.3 is 0 Å². The van der Waals surface area contributed by atoms with E-state index in [0.717, 1.165) is 31.2 Å². The van der Waals surface area contributed by atoms with Crippen LogP contribution < -0.4 is 5.32 Å². The molecule has 1 aromatic rings. The maximum absolute atomic E-state index is 12.8. The molecule has 2 aliphatic heterocycles. The van der Waals surface area contributed by atoms with Crippen molar-refractivity contribution in [2.45, 2.75) is 43.4 Å². The summed E-state index contributed by atoms with van der Waals surface area (Å²) in [7, 11) is -1.79. The lowest BCUT2D eigenvalue weighted by atomic mass is 10.1. The Morgan fingerprint density at radius 2 is 1.65 bits per heavy atom. The molecule has 2 aliphatic rings. The zero-order valence-electron chi connectivity index (χ0n) is 20.2. The monoisotopic (exact) mass is 494 g/mol. The molecular formula is C24H38N4O5S. The second kappa shape index (κ2) is 13.2. The fraction of sp³-hybridized carbons (Fsp3) is 0.667. The molecule has 190 valence electrons. The quantitative estimate of drug-likeness (QED) is 0.463. The van der Waals surface area contributed by atoms with Gasteiger partial charge in [0.2, 0.25) is 21.8 Å². The zero-order chi connectivity index (χ0) is 24.4. The summed E-state index contributed by atoms with van der Waals surface area (Å²) >= 11 is 0. The number of nitrogens with one attached hydrogen (secondary N) is 1. The molecule has 0 unspecified atom stereocenters. The first-order valence-electron chi connectivity index (χ1n) is 12.2. The van der Waals surface area contributed by atoms with Gasteiger partial charge in [0.25, 0.3) is 0 Å². The fourth-order valence-corrected chi connectivity index (χ4v) is 5.87. The normalized spacial score (nSPS) is 18.1. The number of ether oxygens (including phenoxy) is 1. The van der Waals surface area contributed by atoms with E-state index in [1.165, 1.54) is 0 Å². The number of aryl methyl sites for hydroxylation is 1. The molecule has 0 spiro atoms. The standard InChI is InChI=1S/C24H38N4O5S/c1-33-19-5-12-25-23(29)20-26-15-17-27(18-16-26)24(30)11-8-21-6-9-22(10-7-21)34(31,32)28-13-3-2-4-14-28/h6-7,9-10H,2-5,8,11-20H2,1H3,(H,25,29). The molecule has 0 aliphatic carbocycles.